The molecule has 0 aromatic carbocycles. The van der Waals surface area contributed by atoms with Crippen LogP contribution in [0.5, 0.6) is 0 Å². The molecule has 0 bridgehead atoms. The number of amides is 1. The first-order valence-corrected chi connectivity index (χ1v) is 7.22. The maximum Gasteiger partial charge on any atom is 0.256 e. The molecule has 8 heteroatoms. The molecular weight excluding hydrogens is 270 g/mol. The Balaban J connectivity index is 2.65. The number of hydrogen-bond acceptors (Lipinski definition) is 4. The van der Waals surface area contributed by atoms with Gasteiger partial charge in [0, 0.05) is 38.6 Å². The van der Waals surface area contributed by atoms with Crippen LogP contribution in [0.4, 0.5) is 0 Å². The zero-order chi connectivity index (χ0) is 14.6. The fraction of sp³-hybridized carbons (Fsp3) is 0.455. The van der Waals surface area contributed by atoms with Crippen LogP contribution in [0, 0.1) is 6.92 Å². The first-order chi connectivity index (χ1) is 8.74. The first kappa shape index (κ1) is 15.4. The predicted molar refractivity (Wildman–Crippen MR) is 71.6 cm³/mol. The molecular formula is C11H17N3O4S. The fourth-order valence-electron chi connectivity index (χ4n) is 1.32. The Hall–Kier alpha value is -1.67. The molecule has 0 aliphatic heterocycles. The minimum absolute atomic E-state index is 0.0344. The molecule has 7 nitrogen and oxygen atoms in total. The minimum Gasteiger partial charge on any atom is -0.364 e. The average Bonchev–Trinajstić information content (AvgIpc) is 2.28. The number of hydrogen-bond donors (Lipinski definition) is 2. The Morgan fingerprint density at radius 3 is 2.58 bits per heavy atom. The third-order valence-corrected chi connectivity index (χ3v) is 4.34. The van der Waals surface area contributed by atoms with E-state index in [0.717, 1.165) is 4.31 Å². The van der Waals surface area contributed by atoms with E-state index >= 15 is 0 Å². The van der Waals surface area contributed by atoms with Crippen molar-refractivity contribution in [1.29, 1.82) is 0 Å². The summed E-state index contributed by atoms with van der Waals surface area (Å²) in [6.07, 6.45) is 1.31. The van der Waals surface area contributed by atoms with Gasteiger partial charge >= 0.3 is 0 Å². The van der Waals surface area contributed by atoms with E-state index in [4.69, 9.17) is 0 Å². The van der Waals surface area contributed by atoms with Gasteiger partial charge in [0.2, 0.25) is 10.0 Å². The molecule has 0 fully saturated rings. The Kier molecular flexibility index (Phi) is 4.84. The monoisotopic (exact) mass is 287 g/mol. The van der Waals surface area contributed by atoms with Crippen LogP contribution in [0.1, 0.15) is 16.1 Å². The summed E-state index contributed by atoms with van der Waals surface area (Å²) in [6.45, 7) is 1.65. The molecule has 0 saturated heterocycles. The van der Waals surface area contributed by atoms with Gasteiger partial charge in [-0.1, -0.05) is 0 Å². The van der Waals surface area contributed by atoms with Gasteiger partial charge in [0.25, 0.3) is 5.91 Å². The Morgan fingerprint density at radius 2 is 2.05 bits per heavy atom. The lowest BCUT2D eigenvalue weighted by atomic mass is 10.2. The lowest BCUT2D eigenvalue weighted by molar-refractivity contribution is 0.0954. The smallest absolute Gasteiger partial charge is 0.256 e. The lowest BCUT2D eigenvalue weighted by Crippen LogP contribution is -2.35. The van der Waals surface area contributed by atoms with Crippen molar-refractivity contribution in [2.24, 2.45) is 0 Å². The van der Waals surface area contributed by atoms with Gasteiger partial charge in [0.15, 0.2) is 5.43 Å². The van der Waals surface area contributed by atoms with Crippen molar-refractivity contribution in [3.63, 3.8) is 0 Å². The highest BCUT2D eigenvalue weighted by atomic mass is 32.2. The average molecular weight is 287 g/mol. The van der Waals surface area contributed by atoms with Gasteiger partial charge in [-0.15, -0.1) is 0 Å². The topological polar surface area (TPSA) is 99.3 Å². The summed E-state index contributed by atoms with van der Waals surface area (Å²) in [6, 6.07) is 1.31. The predicted octanol–water partition coefficient (Wildman–Crippen LogP) is -0.695. The molecule has 0 spiro atoms. The van der Waals surface area contributed by atoms with Gasteiger partial charge in [-0.2, -0.15) is 0 Å². The Labute approximate surface area is 111 Å². The van der Waals surface area contributed by atoms with Crippen molar-refractivity contribution in [2.75, 3.05) is 26.4 Å². The fourth-order valence-corrected chi connectivity index (χ4v) is 2.05. The number of pyridine rings is 1. The molecule has 1 aromatic heterocycles. The second-order valence-electron chi connectivity index (χ2n) is 4.25. The van der Waals surface area contributed by atoms with Crippen LogP contribution >= 0.6 is 0 Å². The van der Waals surface area contributed by atoms with Crippen LogP contribution in [-0.4, -0.2) is 50.0 Å². The number of sulfonamides is 1. The standard InChI is InChI=1S/C11H17N3O4S/c1-8-6-10(15)9(7-13-8)11(16)12-4-5-19(17,18)14(2)3/h6-7H,4-5H2,1-3H3,(H,12,16)(H,13,15). The van der Waals surface area contributed by atoms with E-state index in [2.05, 4.69) is 10.3 Å². The summed E-state index contributed by atoms with van der Waals surface area (Å²) in [5.41, 5.74) is 0.216. The van der Waals surface area contributed by atoms with Crippen LogP contribution in [0.15, 0.2) is 17.1 Å². The summed E-state index contributed by atoms with van der Waals surface area (Å²) in [5.74, 6) is -0.801. The molecule has 0 unspecified atom stereocenters. The van der Waals surface area contributed by atoms with Crippen LogP contribution in [0.25, 0.3) is 0 Å². The van der Waals surface area contributed by atoms with Crippen molar-refractivity contribution in [3.05, 3.63) is 33.7 Å². The molecule has 1 heterocycles. The van der Waals surface area contributed by atoms with Crippen LogP contribution in [0.2, 0.25) is 0 Å². The number of nitrogens with zero attached hydrogens (tertiary/aromatic N) is 1. The zero-order valence-electron chi connectivity index (χ0n) is 11.1. The Morgan fingerprint density at radius 1 is 1.42 bits per heavy atom. The van der Waals surface area contributed by atoms with Gasteiger partial charge < -0.3 is 10.3 Å². The SMILES string of the molecule is Cc1cc(=O)c(C(=O)NCCS(=O)(=O)N(C)C)c[nH]1. The maximum atomic E-state index is 11.7. The van der Waals surface area contributed by atoms with E-state index < -0.39 is 21.4 Å². The van der Waals surface area contributed by atoms with Crippen molar-refractivity contribution in [1.82, 2.24) is 14.6 Å². The van der Waals surface area contributed by atoms with Gasteiger partial charge in [-0.25, -0.2) is 12.7 Å². The number of carbonyl (C=O) groups is 1. The number of aromatic amines is 1. The number of rotatable bonds is 5. The largest absolute Gasteiger partial charge is 0.364 e. The van der Waals surface area contributed by atoms with Gasteiger partial charge in [0.05, 0.1) is 5.75 Å². The van der Waals surface area contributed by atoms with Gasteiger partial charge in [-0.05, 0) is 6.92 Å². The molecule has 0 saturated carbocycles. The Bertz CT molecular complexity index is 619. The van der Waals surface area contributed by atoms with Crippen molar-refractivity contribution in [3.8, 4) is 0 Å². The maximum absolute atomic E-state index is 11.7. The van der Waals surface area contributed by atoms with Gasteiger partial charge in [0.1, 0.15) is 5.56 Å². The van der Waals surface area contributed by atoms with Crippen molar-refractivity contribution in [2.45, 2.75) is 6.92 Å². The summed E-state index contributed by atoms with van der Waals surface area (Å²) >= 11 is 0. The molecule has 1 amide bonds. The summed E-state index contributed by atoms with van der Waals surface area (Å²) in [4.78, 5) is 26.0. The van der Waals surface area contributed by atoms with Crippen molar-refractivity contribution >= 4 is 15.9 Å². The molecule has 0 radical (unpaired) electrons. The molecule has 0 atom stereocenters. The van der Waals surface area contributed by atoms with E-state index in [1.165, 1.54) is 26.4 Å². The van der Waals surface area contributed by atoms with Crippen LogP contribution in [-0.2, 0) is 10.0 Å². The van der Waals surface area contributed by atoms with E-state index in [1.54, 1.807) is 6.92 Å². The van der Waals surface area contributed by atoms with E-state index in [-0.39, 0.29) is 17.9 Å². The first-order valence-electron chi connectivity index (χ1n) is 5.62. The lowest BCUT2D eigenvalue weighted by Gasteiger charge is -2.11. The van der Waals surface area contributed by atoms with Crippen LogP contribution in [0.3, 0.4) is 0 Å². The summed E-state index contributed by atoms with van der Waals surface area (Å²) in [7, 11) is -0.523. The molecule has 2 N–H and O–H groups in total. The molecule has 1 aromatic rings. The zero-order valence-corrected chi connectivity index (χ0v) is 11.9. The molecule has 1 rings (SSSR count). The quantitative estimate of drug-likeness (QED) is 0.748. The number of nitrogens with one attached hydrogen (secondary N) is 2. The number of carbonyl (C=O) groups excluding carboxylic acids is 1. The van der Waals surface area contributed by atoms with Crippen LogP contribution < -0.4 is 10.7 Å². The highest BCUT2D eigenvalue weighted by Gasteiger charge is 2.15. The number of aromatic nitrogens is 1. The molecule has 0 aliphatic carbocycles. The van der Waals surface area contributed by atoms with E-state index in [1.807, 2.05) is 0 Å². The molecule has 106 valence electrons. The summed E-state index contributed by atoms with van der Waals surface area (Å²) in [5, 5.41) is 2.41. The molecule has 19 heavy (non-hydrogen) atoms. The highest BCUT2D eigenvalue weighted by Crippen LogP contribution is 1.94. The normalized spacial score (nSPS) is 11.6. The highest BCUT2D eigenvalue weighted by molar-refractivity contribution is 7.89. The minimum atomic E-state index is -3.36. The third kappa shape index (κ3) is 4.18. The molecule has 0 aliphatic rings. The van der Waals surface area contributed by atoms with E-state index in [0.29, 0.717) is 5.69 Å². The van der Waals surface area contributed by atoms with Gasteiger partial charge in [-0.3, -0.25) is 9.59 Å². The summed E-state index contributed by atoms with van der Waals surface area (Å²) < 4.78 is 24.0. The van der Waals surface area contributed by atoms with E-state index in [9.17, 15) is 18.0 Å². The second-order valence-corrected chi connectivity index (χ2v) is 6.55. The second kappa shape index (κ2) is 5.98. The number of H-pyrrole nitrogens is 1. The number of aryl methyl sites for hydroxylation is 1. The van der Waals surface area contributed by atoms with Crippen molar-refractivity contribution < 1.29 is 13.2 Å². The third-order valence-electron chi connectivity index (χ3n) is 2.50.